The molecule has 2 unspecified atom stereocenters. The third kappa shape index (κ3) is 5.80. The third-order valence-electron chi connectivity index (χ3n) is 4.02. The maximum absolute atomic E-state index is 6.01. The lowest BCUT2D eigenvalue weighted by atomic mass is 9.97. The van der Waals surface area contributed by atoms with Crippen molar-refractivity contribution in [3.05, 3.63) is 42.0 Å². The monoisotopic (exact) mass is 429 g/mol. The molecule has 0 saturated carbocycles. The molecule has 0 radical (unpaired) electrons. The molecular weight excluding hydrogens is 401 g/mol. The Morgan fingerprint density at radius 3 is 2.87 bits per heavy atom. The number of anilines is 1. The van der Waals surface area contributed by atoms with Crippen LogP contribution in [0.1, 0.15) is 38.7 Å². The van der Waals surface area contributed by atoms with Gasteiger partial charge >= 0.3 is 0 Å². The number of benzene rings is 1. The van der Waals surface area contributed by atoms with E-state index in [4.69, 9.17) is 10.5 Å². The van der Waals surface area contributed by atoms with Gasteiger partial charge in [0, 0.05) is 24.8 Å². The molecule has 1 aromatic rings. The van der Waals surface area contributed by atoms with Crippen molar-refractivity contribution in [1.29, 1.82) is 0 Å². The van der Waals surface area contributed by atoms with Gasteiger partial charge in [-0.2, -0.15) is 0 Å². The first-order chi connectivity index (χ1) is 10.5. The molecule has 0 aliphatic carbocycles. The summed E-state index contributed by atoms with van der Waals surface area (Å²) in [5, 5.41) is 3.17. The van der Waals surface area contributed by atoms with Gasteiger partial charge in [0.15, 0.2) is 5.96 Å². The Hall–Kier alpha value is -1.08. The van der Waals surface area contributed by atoms with Crippen LogP contribution in [0.2, 0.25) is 0 Å². The molecule has 0 aromatic heterocycles. The van der Waals surface area contributed by atoms with Gasteiger partial charge in [-0.15, -0.1) is 24.0 Å². The zero-order chi connectivity index (χ0) is 16.1. The maximum Gasteiger partial charge on any atom is 0.193 e. The van der Waals surface area contributed by atoms with E-state index in [1.165, 1.54) is 5.56 Å². The Morgan fingerprint density at radius 2 is 2.22 bits per heavy atom. The average molecular weight is 429 g/mol. The van der Waals surface area contributed by atoms with Gasteiger partial charge in [0.25, 0.3) is 0 Å². The van der Waals surface area contributed by atoms with E-state index in [2.05, 4.69) is 42.9 Å². The van der Waals surface area contributed by atoms with Gasteiger partial charge in [0.2, 0.25) is 0 Å². The Labute approximate surface area is 156 Å². The molecule has 1 aromatic carbocycles. The summed E-state index contributed by atoms with van der Waals surface area (Å²) in [6.45, 7) is 11.8. The summed E-state index contributed by atoms with van der Waals surface area (Å²) in [5.74, 6) is 1.32. The summed E-state index contributed by atoms with van der Waals surface area (Å²) in [7, 11) is 0. The van der Waals surface area contributed by atoms with E-state index in [-0.39, 0.29) is 30.1 Å². The normalized spacial score (nSPS) is 21.1. The van der Waals surface area contributed by atoms with E-state index in [1.807, 2.05) is 19.1 Å². The largest absolute Gasteiger partial charge is 0.374 e. The second-order valence-electron chi connectivity index (χ2n) is 6.32. The van der Waals surface area contributed by atoms with Gasteiger partial charge in [-0.1, -0.05) is 38.1 Å². The van der Waals surface area contributed by atoms with E-state index < -0.39 is 0 Å². The highest BCUT2D eigenvalue weighted by atomic mass is 127. The van der Waals surface area contributed by atoms with Crippen LogP contribution in [0.4, 0.5) is 5.69 Å². The van der Waals surface area contributed by atoms with Crippen molar-refractivity contribution in [1.82, 2.24) is 0 Å². The van der Waals surface area contributed by atoms with Crippen LogP contribution < -0.4 is 11.1 Å². The fourth-order valence-corrected chi connectivity index (χ4v) is 2.74. The van der Waals surface area contributed by atoms with Crippen molar-refractivity contribution < 1.29 is 4.74 Å². The first kappa shape index (κ1) is 20.0. The van der Waals surface area contributed by atoms with Gasteiger partial charge in [-0.3, -0.25) is 4.99 Å². The second kappa shape index (κ2) is 9.27. The zero-order valence-corrected chi connectivity index (χ0v) is 16.5. The molecule has 5 heteroatoms. The lowest BCUT2D eigenvalue weighted by Gasteiger charge is -2.17. The molecule has 4 nitrogen and oxygen atoms in total. The van der Waals surface area contributed by atoms with Gasteiger partial charge in [0.1, 0.15) is 0 Å². The molecule has 1 aliphatic heterocycles. The summed E-state index contributed by atoms with van der Waals surface area (Å²) in [6, 6.07) is 8.27. The second-order valence-corrected chi connectivity index (χ2v) is 6.32. The highest BCUT2D eigenvalue weighted by Gasteiger charge is 2.28. The standard InChI is InChI=1S/C18H27N3O.HI/c1-12(2)14-6-5-7-16(10-14)21-18(19)20-11-15-8-9-22-17(15)13(3)4;/h5-7,10,12,15,17H,3,8-9,11H2,1-2,4H3,(H3,19,20,21);1H. The van der Waals surface area contributed by atoms with Crippen LogP contribution in [0.15, 0.2) is 41.4 Å². The lowest BCUT2D eigenvalue weighted by molar-refractivity contribution is 0.120. The molecule has 0 bridgehead atoms. The van der Waals surface area contributed by atoms with Crippen molar-refractivity contribution >= 4 is 35.6 Å². The number of rotatable bonds is 5. The zero-order valence-electron chi connectivity index (χ0n) is 14.2. The highest BCUT2D eigenvalue weighted by Crippen LogP contribution is 2.26. The molecule has 2 rings (SSSR count). The quantitative estimate of drug-likeness (QED) is 0.320. The van der Waals surface area contributed by atoms with Crippen LogP contribution in [-0.4, -0.2) is 25.2 Å². The molecule has 3 N–H and O–H groups in total. The summed E-state index contributed by atoms with van der Waals surface area (Å²) in [5.41, 5.74) is 9.33. The SMILES string of the molecule is C=C(C)C1OCCC1CN=C(N)Nc1cccc(C(C)C)c1.I. The number of nitrogens with two attached hydrogens (primary N) is 1. The van der Waals surface area contributed by atoms with Crippen LogP contribution in [0.3, 0.4) is 0 Å². The van der Waals surface area contributed by atoms with Crippen LogP contribution in [0, 0.1) is 5.92 Å². The van der Waals surface area contributed by atoms with Gasteiger partial charge in [-0.05, 0) is 37.0 Å². The molecule has 0 amide bonds. The molecule has 1 saturated heterocycles. The number of nitrogens with one attached hydrogen (secondary N) is 1. The number of halogens is 1. The minimum absolute atomic E-state index is 0. The van der Waals surface area contributed by atoms with E-state index in [0.29, 0.717) is 24.3 Å². The predicted molar refractivity (Wildman–Crippen MR) is 109 cm³/mol. The molecular formula is C18H28IN3O. The van der Waals surface area contributed by atoms with Crippen LogP contribution >= 0.6 is 24.0 Å². The van der Waals surface area contributed by atoms with Crippen LogP contribution in [0.25, 0.3) is 0 Å². The number of ether oxygens (including phenoxy) is 1. The van der Waals surface area contributed by atoms with Gasteiger partial charge < -0.3 is 15.8 Å². The highest BCUT2D eigenvalue weighted by molar-refractivity contribution is 14.0. The number of hydrogen-bond acceptors (Lipinski definition) is 2. The van der Waals surface area contributed by atoms with Crippen molar-refractivity contribution in [2.24, 2.45) is 16.6 Å². The fourth-order valence-electron chi connectivity index (χ4n) is 2.74. The van der Waals surface area contributed by atoms with E-state index in [1.54, 1.807) is 0 Å². The number of hydrogen-bond donors (Lipinski definition) is 2. The molecule has 1 aliphatic rings. The summed E-state index contributed by atoms with van der Waals surface area (Å²) in [6.07, 6.45) is 1.12. The Morgan fingerprint density at radius 1 is 1.48 bits per heavy atom. The first-order valence-corrected chi connectivity index (χ1v) is 7.91. The molecule has 1 heterocycles. The Kier molecular flexibility index (Phi) is 8.05. The van der Waals surface area contributed by atoms with E-state index in [0.717, 1.165) is 24.3 Å². The van der Waals surface area contributed by atoms with E-state index in [9.17, 15) is 0 Å². The van der Waals surface area contributed by atoms with Crippen molar-refractivity contribution in [3.8, 4) is 0 Å². The predicted octanol–water partition coefficient (Wildman–Crippen LogP) is 4.14. The first-order valence-electron chi connectivity index (χ1n) is 7.91. The van der Waals surface area contributed by atoms with Crippen molar-refractivity contribution in [2.45, 2.75) is 39.2 Å². The lowest BCUT2D eigenvalue weighted by Crippen LogP contribution is -2.26. The molecule has 1 fully saturated rings. The number of aliphatic imine (C=N–C) groups is 1. The van der Waals surface area contributed by atoms with Crippen molar-refractivity contribution in [3.63, 3.8) is 0 Å². The smallest absolute Gasteiger partial charge is 0.193 e. The van der Waals surface area contributed by atoms with Crippen LogP contribution in [-0.2, 0) is 4.74 Å². The topological polar surface area (TPSA) is 59.6 Å². The van der Waals surface area contributed by atoms with Crippen molar-refractivity contribution in [2.75, 3.05) is 18.5 Å². The van der Waals surface area contributed by atoms with Gasteiger partial charge in [0.05, 0.1) is 6.10 Å². The summed E-state index contributed by atoms with van der Waals surface area (Å²) in [4.78, 5) is 4.47. The molecule has 23 heavy (non-hydrogen) atoms. The summed E-state index contributed by atoms with van der Waals surface area (Å²) >= 11 is 0. The minimum Gasteiger partial charge on any atom is -0.374 e. The number of nitrogens with zero attached hydrogens (tertiary/aromatic N) is 1. The molecule has 128 valence electrons. The number of guanidine groups is 1. The average Bonchev–Trinajstić information content (AvgIpc) is 2.94. The molecule has 2 atom stereocenters. The maximum atomic E-state index is 6.01. The van der Waals surface area contributed by atoms with Crippen LogP contribution in [0.5, 0.6) is 0 Å². The van der Waals surface area contributed by atoms with Gasteiger partial charge in [-0.25, -0.2) is 0 Å². The van der Waals surface area contributed by atoms with E-state index >= 15 is 0 Å². The summed E-state index contributed by atoms with van der Waals surface area (Å²) < 4.78 is 5.69. The third-order valence-corrected chi connectivity index (χ3v) is 4.02. The Bertz CT molecular complexity index is 557. The molecule has 0 spiro atoms. The Balaban J connectivity index is 0.00000264. The fraction of sp³-hybridized carbons (Fsp3) is 0.500. The minimum atomic E-state index is 0.